The lowest BCUT2D eigenvalue weighted by Crippen LogP contribution is -2.30. The maximum absolute atomic E-state index is 12.4. The van der Waals surface area contributed by atoms with Gasteiger partial charge in [0.2, 0.25) is 0 Å². The average Bonchev–Trinajstić information content (AvgIpc) is 2.58. The second-order valence-corrected chi connectivity index (χ2v) is 5.09. The van der Waals surface area contributed by atoms with Gasteiger partial charge in [0.05, 0.1) is 20.8 Å². The standard InChI is InChI=1S/C17H16ClNO4/c1-22-14-7-4-8-15(23-2)16(14)17(21)19-10-13(20)11-5-3-6-12(18)9-11/h3-9H,10H2,1-2H3,(H,19,21). The van der Waals surface area contributed by atoms with Crippen LogP contribution >= 0.6 is 11.6 Å². The van der Waals surface area contributed by atoms with E-state index >= 15 is 0 Å². The molecule has 2 rings (SSSR count). The van der Waals surface area contributed by atoms with Crippen molar-refractivity contribution in [3.8, 4) is 11.5 Å². The summed E-state index contributed by atoms with van der Waals surface area (Å²) in [5, 5.41) is 3.04. The van der Waals surface area contributed by atoms with Gasteiger partial charge in [0.25, 0.3) is 5.91 Å². The van der Waals surface area contributed by atoms with Gasteiger partial charge < -0.3 is 14.8 Å². The number of benzene rings is 2. The van der Waals surface area contributed by atoms with E-state index in [2.05, 4.69) is 5.32 Å². The summed E-state index contributed by atoms with van der Waals surface area (Å²) in [6.45, 7) is -0.152. The number of rotatable bonds is 6. The highest BCUT2D eigenvalue weighted by atomic mass is 35.5. The number of halogens is 1. The molecular weight excluding hydrogens is 318 g/mol. The zero-order chi connectivity index (χ0) is 16.8. The van der Waals surface area contributed by atoms with Gasteiger partial charge in [-0.2, -0.15) is 0 Å². The Bertz CT molecular complexity index is 708. The molecule has 23 heavy (non-hydrogen) atoms. The first-order chi connectivity index (χ1) is 11.1. The second kappa shape index (κ2) is 7.65. The largest absolute Gasteiger partial charge is 0.496 e. The predicted octanol–water partition coefficient (Wildman–Crippen LogP) is 2.97. The van der Waals surface area contributed by atoms with Crippen molar-refractivity contribution >= 4 is 23.3 Å². The fraction of sp³-hybridized carbons (Fsp3) is 0.176. The summed E-state index contributed by atoms with van der Waals surface area (Å²) >= 11 is 5.85. The molecular formula is C17H16ClNO4. The van der Waals surface area contributed by atoms with Crippen molar-refractivity contribution in [2.24, 2.45) is 0 Å². The van der Waals surface area contributed by atoms with Crippen molar-refractivity contribution in [2.45, 2.75) is 0 Å². The molecule has 2 aromatic carbocycles. The van der Waals surface area contributed by atoms with E-state index in [9.17, 15) is 9.59 Å². The molecule has 5 nitrogen and oxygen atoms in total. The summed E-state index contributed by atoms with van der Waals surface area (Å²) < 4.78 is 10.3. The van der Waals surface area contributed by atoms with Gasteiger partial charge in [0, 0.05) is 10.6 Å². The zero-order valence-electron chi connectivity index (χ0n) is 12.8. The molecule has 0 atom stereocenters. The number of hydrogen-bond donors (Lipinski definition) is 1. The Balaban J connectivity index is 2.12. The van der Waals surface area contributed by atoms with Crippen molar-refractivity contribution in [1.82, 2.24) is 5.32 Å². The van der Waals surface area contributed by atoms with Gasteiger partial charge in [0.15, 0.2) is 5.78 Å². The van der Waals surface area contributed by atoms with Crippen LogP contribution in [0.1, 0.15) is 20.7 Å². The lowest BCUT2D eigenvalue weighted by atomic mass is 10.1. The normalized spacial score (nSPS) is 10.0. The number of Topliss-reactive ketones (excluding diaryl/α,β-unsaturated/α-hetero) is 1. The minimum absolute atomic E-state index is 0.152. The number of carbonyl (C=O) groups is 2. The van der Waals surface area contributed by atoms with Crippen molar-refractivity contribution < 1.29 is 19.1 Å². The third kappa shape index (κ3) is 4.02. The summed E-state index contributed by atoms with van der Waals surface area (Å²) in [4.78, 5) is 24.5. The topological polar surface area (TPSA) is 64.6 Å². The lowest BCUT2D eigenvalue weighted by Gasteiger charge is -2.12. The fourth-order valence-electron chi connectivity index (χ4n) is 2.09. The Morgan fingerprint density at radius 1 is 1.04 bits per heavy atom. The number of carbonyl (C=O) groups excluding carboxylic acids is 2. The molecule has 0 radical (unpaired) electrons. The van der Waals surface area contributed by atoms with Gasteiger partial charge in [-0.25, -0.2) is 0 Å². The molecule has 0 saturated heterocycles. The van der Waals surface area contributed by atoms with Crippen LogP contribution in [0.2, 0.25) is 5.02 Å². The van der Waals surface area contributed by atoms with E-state index in [1.165, 1.54) is 14.2 Å². The second-order valence-electron chi connectivity index (χ2n) is 4.65. The summed E-state index contributed by atoms with van der Waals surface area (Å²) in [6, 6.07) is 11.6. The Labute approximate surface area is 139 Å². The predicted molar refractivity (Wildman–Crippen MR) is 87.7 cm³/mol. The van der Waals surface area contributed by atoms with Gasteiger partial charge in [0.1, 0.15) is 17.1 Å². The first-order valence-electron chi connectivity index (χ1n) is 6.84. The number of ketones is 1. The maximum atomic E-state index is 12.4. The molecule has 0 aliphatic rings. The molecule has 0 spiro atoms. The molecule has 0 aliphatic heterocycles. The van der Waals surface area contributed by atoms with Gasteiger partial charge in [-0.05, 0) is 24.3 Å². The zero-order valence-corrected chi connectivity index (χ0v) is 13.5. The van der Waals surface area contributed by atoms with Crippen LogP contribution in [0.4, 0.5) is 0 Å². The highest BCUT2D eigenvalue weighted by Gasteiger charge is 2.19. The minimum Gasteiger partial charge on any atom is -0.496 e. The van der Waals surface area contributed by atoms with Gasteiger partial charge >= 0.3 is 0 Å². The number of nitrogens with one attached hydrogen (secondary N) is 1. The number of hydrogen-bond acceptors (Lipinski definition) is 4. The lowest BCUT2D eigenvalue weighted by molar-refractivity contribution is 0.0899. The van der Waals surface area contributed by atoms with E-state index in [1.54, 1.807) is 42.5 Å². The van der Waals surface area contributed by atoms with Crippen LogP contribution in [0, 0.1) is 0 Å². The van der Waals surface area contributed by atoms with Crippen LogP contribution in [-0.2, 0) is 0 Å². The Kier molecular flexibility index (Phi) is 5.60. The molecule has 0 unspecified atom stereocenters. The van der Waals surface area contributed by atoms with Crippen molar-refractivity contribution in [3.05, 3.63) is 58.6 Å². The number of amides is 1. The quantitative estimate of drug-likeness (QED) is 0.825. The molecule has 0 aliphatic carbocycles. The molecule has 0 fully saturated rings. The fourth-order valence-corrected chi connectivity index (χ4v) is 2.28. The Morgan fingerprint density at radius 2 is 1.65 bits per heavy atom. The third-order valence-electron chi connectivity index (χ3n) is 3.21. The van der Waals surface area contributed by atoms with Crippen molar-refractivity contribution in [1.29, 1.82) is 0 Å². The smallest absolute Gasteiger partial charge is 0.259 e. The molecule has 2 aromatic rings. The van der Waals surface area contributed by atoms with E-state index in [1.807, 2.05) is 0 Å². The van der Waals surface area contributed by atoms with Crippen LogP contribution in [0.3, 0.4) is 0 Å². The molecule has 6 heteroatoms. The van der Waals surface area contributed by atoms with Crippen molar-refractivity contribution in [3.63, 3.8) is 0 Å². The molecule has 1 amide bonds. The molecule has 0 heterocycles. The number of methoxy groups -OCH3 is 2. The molecule has 1 N–H and O–H groups in total. The highest BCUT2D eigenvalue weighted by Crippen LogP contribution is 2.27. The molecule has 0 saturated carbocycles. The van der Waals surface area contributed by atoms with Crippen LogP contribution in [0.15, 0.2) is 42.5 Å². The van der Waals surface area contributed by atoms with E-state index in [0.29, 0.717) is 22.1 Å². The molecule has 0 aromatic heterocycles. The van der Waals surface area contributed by atoms with Gasteiger partial charge in [-0.1, -0.05) is 29.8 Å². The SMILES string of the molecule is COc1cccc(OC)c1C(=O)NCC(=O)c1cccc(Cl)c1. The van der Waals surface area contributed by atoms with E-state index in [4.69, 9.17) is 21.1 Å². The summed E-state index contributed by atoms with van der Waals surface area (Å²) in [6.07, 6.45) is 0. The number of ether oxygens (including phenoxy) is 2. The maximum Gasteiger partial charge on any atom is 0.259 e. The Morgan fingerprint density at radius 3 is 2.22 bits per heavy atom. The summed E-state index contributed by atoms with van der Waals surface area (Å²) in [5.41, 5.74) is 0.682. The summed E-state index contributed by atoms with van der Waals surface area (Å²) in [5.74, 6) is 0.0542. The Hall–Kier alpha value is -2.53. The average molecular weight is 334 g/mol. The molecule has 0 bridgehead atoms. The minimum atomic E-state index is -0.449. The van der Waals surface area contributed by atoms with Crippen molar-refractivity contribution in [2.75, 3.05) is 20.8 Å². The van der Waals surface area contributed by atoms with Crippen LogP contribution in [-0.4, -0.2) is 32.5 Å². The van der Waals surface area contributed by atoms with Gasteiger partial charge in [-0.15, -0.1) is 0 Å². The monoisotopic (exact) mass is 333 g/mol. The van der Waals surface area contributed by atoms with Crippen LogP contribution < -0.4 is 14.8 Å². The van der Waals surface area contributed by atoms with Gasteiger partial charge in [-0.3, -0.25) is 9.59 Å². The van der Waals surface area contributed by atoms with E-state index < -0.39 is 5.91 Å². The third-order valence-corrected chi connectivity index (χ3v) is 3.45. The highest BCUT2D eigenvalue weighted by molar-refractivity contribution is 6.31. The van der Waals surface area contributed by atoms with E-state index in [-0.39, 0.29) is 17.9 Å². The molecule has 120 valence electrons. The van der Waals surface area contributed by atoms with E-state index in [0.717, 1.165) is 0 Å². The summed E-state index contributed by atoms with van der Waals surface area (Å²) in [7, 11) is 2.92. The first-order valence-corrected chi connectivity index (χ1v) is 7.22. The first kappa shape index (κ1) is 16.8. The van der Waals surface area contributed by atoms with Crippen LogP contribution in [0.5, 0.6) is 11.5 Å². The van der Waals surface area contributed by atoms with Crippen LogP contribution in [0.25, 0.3) is 0 Å².